The highest BCUT2D eigenvalue weighted by molar-refractivity contribution is 5.76. The average Bonchev–Trinajstić information content (AvgIpc) is 2.17. The number of carbonyl (C=O) groups is 1. The lowest BCUT2D eigenvalue weighted by atomic mass is 10.1. The van der Waals surface area contributed by atoms with Crippen LogP contribution in [0.1, 0.15) is 11.6 Å². The van der Waals surface area contributed by atoms with Gasteiger partial charge < -0.3 is 20.7 Å². The van der Waals surface area contributed by atoms with Gasteiger partial charge in [-0.25, -0.2) is 0 Å². The van der Waals surface area contributed by atoms with E-state index in [2.05, 4.69) is 0 Å². The zero-order valence-corrected chi connectivity index (χ0v) is 7.60. The number of hydrogen-bond acceptors (Lipinski definition) is 4. The van der Waals surface area contributed by atoms with E-state index in [1.54, 1.807) is 6.07 Å². The van der Waals surface area contributed by atoms with Gasteiger partial charge in [-0.15, -0.1) is 0 Å². The monoisotopic (exact) mass is 197 g/mol. The minimum atomic E-state index is -1.25. The second-order valence-corrected chi connectivity index (χ2v) is 2.71. The summed E-state index contributed by atoms with van der Waals surface area (Å²) in [4.78, 5) is 10.6. The second-order valence-electron chi connectivity index (χ2n) is 2.71. The van der Waals surface area contributed by atoms with Crippen LogP contribution in [-0.2, 0) is 4.79 Å². The Morgan fingerprint density at radius 3 is 2.71 bits per heavy atom. The topological polar surface area (TPSA) is 92.8 Å². The van der Waals surface area contributed by atoms with Crippen molar-refractivity contribution in [2.75, 3.05) is 7.11 Å². The number of phenols is 1. The van der Waals surface area contributed by atoms with Crippen LogP contribution in [0.3, 0.4) is 0 Å². The lowest BCUT2D eigenvalue weighted by Gasteiger charge is -2.11. The van der Waals surface area contributed by atoms with Crippen molar-refractivity contribution in [3.05, 3.63) is 23.8 Å². The van der Waals surface area contributed by atoms with Gasteiger partial charge in [0.2, 0.25) is 0 Å². The van der Waals surface area contributed by atoms with Crippen LogP contribution >= 0.6 is 0 Å². The van der Waals surface area contributed by atoms with Crippen LogP contribution in [0.25, 0.3) is 0 Å². The third-order valence-electron chi connectivity index (χ3n) is 1.85. The summed E-state index contributed by atoms with van der Waals surface area (Å²) >= 11 is 0. The van der Waals surface area contributed by atoms with Gasteiger partial charge in [0.25, 0.3) is 0 Å². The highest BCUT2D eigenvalue weighted by atomic mass is 16.5. The third-order valence-corrected chi connectivity index (χ3v) is 1.85. The van der Waals surface area contributed by atoms with Crippen LogP contribution in [0.5, 0.6) is 11.5 Å². The highest BCUT2D eigenvalue weighted by Crippen LogP contribution is 2.32. The van der Waals surface area contributed by atoms with Gasteiger partial charge >= 0.3 is 5.97 Å². The highest BCUT2D eigenvalue weighted by Gasteiger charge is 2.19. The normalized spacial score (nSPS) is 12.1. The quantitative estimate of drug-likeness (QED) is 0.655. The molecule has 0 saturated heterocycles. The van der Waals surface area contributed by atoms with E-state index in [1.165, 1.54) is 19.2 Å². The number of carboxylic acids is 1. The smallest absolute Gasteiger partial charge is 0.325 e. The molecule has 0 aromatic heterocycles. The summed E-state index contributed by atoms with van der Waals surface area (Å²) in [6.07, 6.45) is 0. The summed E-state index contributed by atoms with van der Waals surface area (Å²) in [7, 11) is 1.38. The fourth-order valence-electron chi connectivity index (χ4n) is 1.09. The van der Waals surface area contributed by atoms with E-state index in [0.717, 1.165) is 0 Å². The molecular weight excluding hydrogens is 186 g/mol. The maximum atomic E-state index is 10.6. The van der Waals surface area contributed by atoms with Crippen molar-refractivity contribution in [3.8, 4) is 11.5 Å². The van der Waals surface area contributed by atoms with Gasteiger partial charge in [-0.3, -0.25) is 4.79 Å². The fraction of sp³-hybridized carbons (Fsp3) is 0.222. The molecule has 0 radical (unpaired) electrons. The SMILES string of the molecule is COc1cccc(C(N)C(=O)O)c1O. The van der Waals surface area contributed by atoms with Crippen molar-refractivity contribution < 1.29 is 19.7 Å². The van der Waals surface area contributed by atoms with Crippen molar-refractivity contribution in [2.45, 2.75) is 6.04 Å². The van der Waals surface area contributed by atoms with Crippen molar-refractivity contribution in [1.82, 2.24) is 0 Å². The van der Waals surface area contributed by atoms with E-state index < -0.39 is 12.0 Å². The van der Waals surface area contributed by atoms with E-state index in [0.29, 0.717) is 0 Å². The number of methoxy groups -OCH3 is 1. The molecule has 0 fully saturated rings. The standard InChI is InChI=1S/C9H11NO4/c1-14-6-4-2-3-5(8(6)11)7(10)9(12)13/h2-4,7,11H,10H2,1H3,(H,12,13). The van der Waals surface area contributed by atoms with Crippen LogP contribution in [0.2, 0.25) is 0 Å². The maximum Gasteiger partial charge on any atom is 0.325 e. The van der Waals surface area contributed by atoms with Crippen LogP contribution in [-0.4, -0.2) is 23.3 Å². The first-order valence-corrected chi connectivity index (χ1v) is 3.92. The van der Waals surface area contributed by atoms with Crippen molar-refractivity contribution in [1.29, 1.82) is 0 Å². The molecule has 1 aromatic carbocycles. The van der Waals surface area contributed by atoms with Gasteiger partial charge in [-0.1, -0.05) is 12.1 Å². The molecule has 14 heavy (non-hydrogen) atoms. The van der Waals surface area contributed by atoms with Gasteiger partial charge in [0.15, 0.2) is 11.5 Å². The lowest BCUT2D eigenvalue weighted by molar-refractivity contribution is -0.138. The molecule has 76 valence electrons. The number of hydrogen-bond donors (Lipinski definition) is 3. The van der Waals surface area contributed by atoms with Crippen molar-refractivity contribution in [2.24, 2.45) is 5.73 Å². The number of aliphatic carboxylic acids is 1. The Morgan fingerprint density at radius 2 is 2.21 bits per heavy atom. The maximum absolute atomic E-state index is 10.6. The summed E-state index contributed by atoms with van der Waals surface area (Å²) in [6.45, 7) is 0. The Balaban J connectivity index is 3.15. The molecule has 4 N–H and O–H groups in total. The number of rotatable bonds is 3. The number of nitrogens with two attached hydrogens (primary N) is 1. The zero-order valence-electron chi connectivity index (χ0n) is 7.60. The largest absolute Gasteiger partial charge is 0.504 e. The van der Waals surface area contributed by atoms with Crippen LogP contribution in [0, 0.1) is 0 Å². The number of carboxylic acid groups (broad SMARTS) is 1. The fourth-order valence-corrected chi connectivity index (χ4v) is 1.09. The summed E-state index contributed by atoms with van der Waals surface area (Å²) in [6, 6.07) is 3.28. The molecule has 1 unspecified atom stereocenters. The first-order chi connectivity index (χ1) is 6.57. The molecule has 0 bridgehead atoms. The Hall–Kier alpha value is -1.75. The molecule has 0 aliphatic carbocycles. The number of aromatic hydroxyl groups is 1. The number of phenolic OH excluding ortho intramolecular Hbond substituents is 1. The summed E-state index contributed by atoms with van der Waals surface area (Å²) in [5.74, 6) is -1.22. The predicted octanol–water partition coefficient (Wildman–Crippen LogP) is 0.485. The van der Waals surface area contributed by atoms with Crippen LogP contribution in [0.4, 0.5) is 0 Å². The molecule has 5 nitrogen and oxygen atoms in total. The summed E-state index contributed by atoms with van der Waals surface area (Å²) in [5, 5.41) is 18.2. The van der Waals surface area contributed by atoms with E-state index in [9.17, 15) is 9.90 Å². The number of para-hydroxylation sites is 1. The molecule has 0 saturated carbocycles. The molecule has 0 aliphatic rings. The Kier molecular flexibility index (Phi) is 2.93. The average molecular weight is 197 g/mol. The summed E-state index contributed by atoms with van der Waals surface area (Å²) < 4.78 is 4.82. The second kappa shape index (κ2) is 3.97. The third kappa shape index (κ3) is 1.77. The van der Waals surface area contributed by atoms with Gasteiger partial charge in [-0.2, -0.15) is 0 Å². The molecule has 1 aromatic rings. The summed E-state index contributed by atoms with van der Waals surface area (Å²) in [5.41, 5.74) is 5.48. The first kappa shape index (κ1) is 10.3. The van der Waals surface area contributed by atoms with Crippen LogP contribution in [0.15, 0.2) is 18.2 Å². The van der Waals surface area contributed by atoms with E-state index >= 15 is 0 Å². The Labute approximate surface area is 80.7 Å². The molecule has 0 heterocycles. The van der Waals surface area contributed by atoms with E-state index in [-0.39, 0.29) is 17.1 Å². The number of ether oxygens (including phenoxy) is 1. The lowest BCUT2D eigenvalue weighted by Crippen LogP contribution is -2.20. The Morgan fingerprint density at radius 1 is 1.57 bits per heavy atom. The molecule has 1 rings (SSSR count). The number of benzene rings is 1. The zero-order chi connectivity index (χ0) is 10.7. The van der Waals surface area contributed by atoms with Gasteiger partial charge in [0.05, 0.1) is 7.11 Å². The van der Waals surface area contributed by atoms with E-state index in [4.69, 9.17) is 15.6 Å². The molecule has 0 spiro atoms. The molecule has 5 heteroatoms. The van der Waals surface area contributed by atoms with E-state index in [1.807, 2.05) is 0 Å². The minimum absolute atomic E-state index is 0.136. The molecular formula is C9H11NO4. The minimum Gasteiger partial charge on any atom is -0.504 e. The molecule has 0 aliphatic heterocycles. The van der Waals surface area contributed by atoms with Gasteiger partial charge in [-0.05, 0) is 6.07 Å². The first-order valence-electron chi connectivity index (χ1n) is 3.92. The van der Waals surface area contributed by atoms with Crippen LogP contribution < -0.4 is 10.5 Å². The van der Waals surface area contributed by atoms with Crippen molar-refractivity contribution in [3.63, 3.8) is 0 Å². The van der Waals surface area contributed by atoms with Gasteiger partial charge in [0, 0.05) is 5.56 Å². The Bertz CT molecular complexity index is 351. The van der Waals surface area contributed by atoms with Crippen molar-refractivity contribution >= 4 is 5.97 Å². The molecule has 0 amide bonds. The predicted molar refractivity (Wildman–Crippen MR) is 49.2 cm³/mol. The van der Waals surface area contributed by atoms with Gasteiger partial charge in [0.1, 0.15) is 6.04 Å². The molecule has 1 atom stereocenters.